The van der Waals surface area contributed by atoms with Gasteiger partial charge in [-0.2, -0.15) is 4.98 Å². The fourth-order valence-corrected chi connectivity index (χ4v) is 2.31. The Labute approximate surface area is 116 Å². The Hall–Kier alpha value is -2.55. The number of carbonyl (C=O) groups is 1. The van der Waals surface area contributed by atoms with Crippen LogP contribution in [0.1, 0.15) is 22.0 Å². The summed E-state index contributed by atoms with van der Waals surface area (Å²) >= 11 is 1.50. The van der Waals surface area contributed by atoms with Crippen molar-refractivity contribution in [2.75, 3.05) is 0 Å². The third-order valence-electron chi connectivity index (χ3n) is 2.68. The minimum Gasteiger partial charge on any atom is -0.476 e. The molecule has 0 aliphatic heterocycles. The fraction of sp³-hybridized carbons (Fsp3) is 0.182. The fourth-order valence-electron chi connectivity index (χ4n) is 1.66. The van der Waals surface area contributed by atoms with Crippen molar-refractivity contribution in [2.45, 2.75) is 13.5 Å². The quantitative estimate of drug-likeness (QED) is 0.775. The van der Waals surface area contributed by atoms with Crippen LogP contribution in [0.25, 0.3) is 10.8 Å². The van der Waals surface area contributed by atoms with Gasteiger partial charge in [0.15, 0.2) is 11.5 Å². The van der Waals surface area contributed by atoms with E-state index in [0.29, 0.717) is 17.4 Å². The Morgan fingerprint density at radius 1 is 1.55 bits per heavy atom. The molecule has 0 aliphatic rings. The molecule has 0 unspecified atom stereocenters. The molecule has 0 spiro atoms. The highest BCUT2D eigenvalue weighted by Gasteiger charge is 2.17. The molecule has 3 aromatic rings. The van der Waals surface area contributed by atoms with Crippen molar-refractivity contribution in [3.8, 4) is 10.8 Å². The third-order valence-corrected chi connectivity index (χ3v) is 3.53. The van der Waals surface area contributed by atoms with Gasteiger partial charge < -0.3 is 9.63 Å². The predicted molar refractivity (Wildman–Crippen MR) is 68.4 cm³/mol. The molecule has 0 bridgehead atoms. The van der Waals surface area contributed by atoms with Crippen molar-refractivity contribution in [1.82, 2.24) is 25.1 Å². The second-order valence-electron chi connectivity index (χ2n) is 3.98. The molecule has 0 aromatic carbocycles. The molecule has 9 heteroatoms. The van der Waals surface area contributed by atoms with E-state index in [9.17, 15) is 4.79 Å². The Morgan fingerprint density at radius 3 is 3.05 bits per heavy atom. The van der Waals surface area contributed by atoms with Crippen molar-refractivity contribution in [3.63, 3.8) is 0 Å². The lowest BCUT2D eigenvalue weighted by Crippen LogP contribution is -2.07. The first-order valence-corrected chi connectivity index (χ1v) is 6.53. The molecule has 0 radical (unpaired) electrons. The van der Waals surface area contributed by atoms with Crippen LogP contribution in [0.15, 0.2) is 22.0 Å². The Kier molecular flexibility index (Phi) is 3.03. The molecule has 1 N–H and O–H groups in total. The number of hydrogen-bond donors (Lipinski definition) is 1. The molecule has 0 fully saturated rings. The summed E-state index contributed by atoms with van der Waals surface area (Å²) in [6, 6.07) is 3.77. The van der Waals surface area contributed by atoms with Crippen molar-refractivity contribution < 1.29 is 14.4 Å². The zero-order chi connectivity index (χ0) is 14.1. The maximum absolute atomic E-state index is 10.9. The number of carboxylic acids is 1. The average molecular weight is 291 g/mol. The van der Waals surface area contributed by atoms with Gasteiger partial charge in [-0.15, -0.1) is 16.4 Å². The van der Waals surface area contributed by atoms with Gasteiger partial charge in [0.25, 0.3) is 5.89 Å². The van der Waals surface area contributed by atoms with Gasteiger partial charge in [0.05, 0.1) is 10.6 Å². The van der Waals surface area contributed by atoms with Crippen LogP contribution >= 0.6 is 11.3 Å². The largest absolute Gasteiger partial charge is 0.476 e. The highest BCUT2D eigenvalue weighted by molar-refractivity contribution is 7.13. The third kappa shape index (κ3) is 2.18. The van der Waals surface area contributed by atoms with E-state index < -0.39 is 5.97 Å². The molecule has 0 saturated heterocycles. The van der Waals surface area contributed by atoms with Crippen molar-refractivity contribution in [3.05, 3.63) is 34.7 Å². The Morgan fingerprint density at radius 2 is 2.40 bits per heavy atom. The average Bonchev–Trinajstić information content (AvgIpc) is 3.12. The van der Waals surface area contributed by atoms with Gasteiger partial charge >= 0.3 is 5.97 Å². The van der Waals surface area contributed by atoms with Gasteiger partial charge in [-0.3, -0.25) is 0 Å². The van der Waals surface area contributed by atoms with E-state index in [4.69, 9.17) is 9.63 Å². The zero-order valence-electron chi connectivity index (χ0n) is 10.3. The molecule has 0 saturated carbocycles. The summed E-state index contributed by atoms with van der Waals surface area (Å²) in [7, 11) is 0. The van der Waals surface area contributed by atoms with Crippen LogP contribution in [0.3, 0.4) is 0 Å². The maximum Gasteiger partial charge on any atom is 0.358 e. The van der Waals surface area contributed by atoms with Crippen LogP contribution in [-0.4, -0.2) is 36.2 Å². The van der Waals surface area contributed by atoms with E-state index in [2.05, 4.69) is 20.5 Å². The van der Waals surface area contributed by atoms with Crippen molar-refractivity contribution >= 4 is 17.3 Å². The van der Waals surface area contributed by atoms with Gasteiger partial charge in [-0.1, -0.05) is 16.4 Å². The van der Waals surface area contributed by atoms with E-state index >= 15 is 0 Å². The van der Waals surface area contributed by atoms with E-state index in [-0.39, 0.29) is 12.2 Å². The lowest BCUT2D eigenvalue weighted by Gasteiger charge is -1.97. The second kappa shape index (κ2) is 4.85. The molecule has 102 valence electrons. The van der Waals surface area contributed by atoms with Gasteiger partial charge in [0, 0.05) is 0 Å². The maximum atomic E-state index is 10.9. The number of nitrogens with zero attached hydrogens (tertiary/aromatic N) is 5. The standard InChI is InChI=1S/C11H9N5O3S/c1-6-9(11(17)18)13-15-16(6)5-8-12-10(19-14-8)7-3-2-4-20-7/h2-4H,5H2,1H3,(H,17,18). The van der Waals surface area contributed by atoms with Crippen LogP contribution in [0.2, 0.25) is 0 Å². The number of aromatic nitrogens is 5. The molecule has 0 amide bonds. The highest BCUT2D eigenvalue weighted by atomic mass is 32.1. The van der Waals surface area contributed by atoms with E-state index in [1.807, 2.05) is 17.5 Å². The molecular weight excluding hydrogens is 282 g/mol. The molecule has 3 rings (SSSR count). The summed E-state index contributed by atoms with van der Waals surface area (Å²) in [5.74, 6) is -0.259. The second-order valence-corrected chi connectivity index (χ2v) is 4.93. The molecular formula is C11H9N5O3S. The number of aromatic carboxylic acids is 1. The summed E-state index contributed by atoms with van der Waals surface area (Å²) < 4.78 is 6.57. The van der Waals surface area contributed by atoms with Gasteiger partial charge in [-0.25, -0.2) is 9.48 Å². The van der Waals surface area contributed by atoms with Crippen LogP contribution in [-0.2, 0) is 6.54 Å². The first-order valence-electron chi connectivity index (χ1n) is 5.65. The topological polar surface area (TPSA) is 107 Å². The van der Waals surface area contributed by atoms with Crippen LogP contribution in [0.5, 0.6) is 0 Å². The lowest BCUT2D eigenvalue weighted by molar-refractivity contribution is 0.0689. The minimum atomic E-state index is -1.11. The van der Waals surface area contributed by atoms with E-state index in [1.54, 1.807) is 6.92 Å². The molecule has 3 aromatic heterocycles. The van der Waals surface area contributed by atoms with E-state index in [0.717, 1.165) is 4.88 Å². The molecule has 0 aliphatic carbocycles. The van der Waals surface area contributed by atoms with Gasteiger partial charge in [0.1, 0.15) is 6.54 Å². The SMILES string of the molecule is Cc1c(C(=O)O)nnn1Cc1noc(-c2cccs2)n1. The number of carboxylic acid groups (broad SMARTS) is 1. The summed E-state index contributed by atoms with van der Waals surface area (Å²) in [5, 5.41) is 22.0. The normalized spacial score (nSPS) is 10.8. The first-order chi connectivity index (χ1) is 9.65. The van der Waals surface area contributed by atoms with Crippen LogP contribution in [0, 0.1) is 6.92 Å². The predicted octanol–water partition coefficient (Wildman–Crippen LogP) is 1.44. The van der Waals surface area contributed by atoms with Crippen LogP contribution < -0.4 is 0 Å². The number of thiophene rings is 1. The summed E-state index contributed by atoms with van der Waals surface area (Å²) in [5.41, 5.74) is 0.368. The smallest absolute Gasteiger partial charge is 0.358 e. The first kappa shape index (κ1) is 12.5. The summed E-state index contributed by atoms with van der Waals surface area (Å²) in [6.07, 6.45) is 0. The van der Waals surface area contributed by atoms with Gasteiger partial charge in [0.2, 0.25) is 0 Å². The number of hydrogen-bond acceptors (Lipinski definition) is 7. The lowest BCUT2D eigenvalue weighted by atomic mass is 10.3. The summed E-state index contributed by atoms with van der Waals surface area (Å²) in [4.78, 5) is 16.0. The zero-order valence-corrected chi connectivity index (χ0v) is 11.2. The van der Waals surface area contributed by atoms with Crippen molar-refractivity contribution in [2.24, 2.45) is 0 Å². The monoisotopic (exact) mass is 291 g/mol. The van der Waals surface area contributed by atoms with E-state index in [1.165, 1.54) is 16.0 Å². The number of rotatable bonds is 4. The Bertz CT molecular complexity index is 746. The molecule has 3 heterocycles. The highest BCUT2D eigenvalue weighted by Crippen LogP contribution is 2.22. The molecule has 8 nitrogen and oxygen atoms in total. The summed E-state index contributed by atoms with van der Waals surface area (Å²) in [6.45, 7) is 1.84. The van der Waals surface area contributed by atoms with Crippen LogP contribution in [0.4, 0.5) is 0 Å². The van der Waals surface area contributed by atoms with Gasteiger partial charge in [-0.05, 0) is 18.4 Å². The van der Waals surface area contributed by atoms with Crippen molar-refractivity contribution in [1.29, 1.82) is 0 Å². The Balaban J connectivity index is 1.84. The molecule has 20 heavy (non-hydrogen) atoms. The minimum absolute atomic E-state index is 0.0769. The molecule has 0 atom stereocenters.